The van der Waals surface area contributed by atoms with Gasteiger partial charge in [-0.05, 0) is 26.0 Å². The van der Waals surface area contributed by atoms with Crippen LogP contribution in [0.25, 0.3) is 0 Å². The first-order valence-electron chi connectivity index (χ1n) is 7.89. The van der Waals surface area contributed by atoms with Gasteiger partial charge in [0.25, 0.3) is 5.91 Å². The summed E-state index contributed by atoms with van der Waals surface area (Å²) in [6.45, 7) is 4.47. The Morgan fingerprint density at radius 2 is 2.04 bits per heavy atom. The first kappa shape index (κ1) is 19.0. The number of carbonyl (C=O) groups is 2. The Labute approximate surface area is 150 Å². The summed E-state index contributed by atoms with van der Waals surface area (Å²) in [4.78, 5) is 24.3. The molecule has 0 aliphatic carbocycles. The summed E-state index contributed by atoms with van der Waals surface area (Å²) in [5, 5.41) is 9.38. The fourth-order valence-corrected chi connectivity index (χ4v) is 3.19. The molecule has 2 amide bonds. The number of rotatable bonds is 8. The molecule has 2 rings (SSSR count). The summed E-state index contributed by atoms with van der Waals surface area (Å²) in [6.07, 6.45) is 0. The molecule has 8 heteroatoms. The van der Waals surface area contributed by atoms with E-state index >= 15 is 0 Å². The van der Waals surface area contributed by atoms with Crippen LogP contribution in [0.2, 0.25) is 0 Å². The summed E-state index contributed by atoms with van der Waals surface area (Å²) >= 11 is 1.47. The molecule has 1 aromatic carbocycles. The van der Waals surface area contributed by atoms with Gasteiger partial charge in [0.1, 0.15) is 5.76 Å². The Balaban J connectivity index is 1.91. The van der Waals surface area contributed by atoms with Gasteiger partial charge in [0.05, 0.1) is 22.7 Å². The van der Waals surface area contributed by atoms with E-state index in [0.29, 0.717) is 30.1 Å². The Morgan fingerprint density at radius 1 is 1.28 bits per heavy atom. The second kappa shape index (κ2) is 9.24. The van der Waals surface area contributed by atoms with E-state index in [1.54, 1.807) is 24.3 Å². The molecule has 0 fully saturated rings. The lowest BCUT2D eigenvalue weighted by atomic mass is 10.1. The number of anilines is 1. The maximum Gasteiger partial charge on any atom is 0.253 e. The van der Waals surface area contributed by atoms with Gasteiger partial charge >= 0.3 is 0 Å². The van der Waals surface area contributed by atoms with E-state index < -0.39 is 0 Å². The molecule has 134 valence electrons. The number of nitrogens with zero attached hydrogens (tertiary/aromatic N) is 1. The smallest absolute Gasteiger partial charge is 0.253 e. The van der Waals surface area contributed by atoms with Crippen LogP contribution in [-0.2, 0) is 10.5 Å². The molecule has 7 nitrogen and oxygen atoms in total. The molecule has 0 spiro atoms. The second-order valence-corrected chi connectivity index (χ2v) is 6.42. The third-order valence-corrected chi connectivity index (χ3v) is 4.50. The van der Waals surface area contributed by atoms with Crippen LogP contribution in [0.1, 0.15) is 27.4 Å². The van der Waals surface area contributed by atoms with E-state index in [1.165, 1.54) is 11.8 Å². The highest BCUT2D eigenvalue weighted by Crippen LogP contribution is 2.20. The number of aromatic nitrogens is 1. The third kappa shape index (κ3) is 5.33. The number of aryl methyl sites for hydroxylation is 2. The van der Waals surface area contributed by atoms with Crippen LogP contribution in [-0.4, -0.2) is 35.8 Å². The molecule has 0 saturated carbocycles. The van der Waals surface area contributed by atoms with Crippen molar-refractivity contribution in [1.82, 2.24) is 10.5 Å². The Hall–Kier alpha value is -2.32. The highest BCUT2D eigenvalue weighted by Gasteiger charge is 2.14. The van der Waals surface area contributed by atoms with Gasteiger partial charge < -0.3 is 20.9 Å². The van der Waals surface area contributed by atoms with Crippen molar-refractivity contribution in [3.63, 3.8) is 0 Å². The molecule has 25 heavy (non-hydrogen) atoms. The van der Waals surface area contributed by atoms with E-state index in [9.17, 15) is 9.59 Å². The molecule has 1 heterocycles. The van der Waals surface area contributed by atoms with Crippen molar-refractivity contribution in [2.75, 3.05) is 24.2 Å². The number of hydrogen-bond acceptors (Lipinski definition) is 6. The van der Waals surface area contributed by atoms with Gasteiger partial charge in [-0.25, -0.2) is 0 Å². The summed E-state index contributed by atoms with van der Waals surface area (Å²) in [5.74, 6) is 1.25. The van der Waals surface area contributed by atoms with Gasteiger partial charge in [0, 0.05) is 24.4 Å². The van der Waals surface area contributed by atoms with Crippen LogP contribution in [0.3, 0.4) is 0 Å². The van der Waals surface area contributed by atoms with E-state index in [2.05, 4.69) is 15.8 Å². The van der Waals surface area contributed by atoms with Crippen LogP contribution < -0.4 is 16.4 Å². The van der Waals surface area contributed by atoms with E-state index in [4.69, 9.17) is 10.3 Å². The SMILES string of the molecule is Cc1noc(C)c1CSCC(=O)Nc1ccccc1C(=O)NCCN. The molecular formula is C17H22N4O3S. The maximum absolute atomic E-state index is 12.2. The lowest BCUT2D eigenvalue weighted by Crippen LogP contribution is -2.30. The van der Waals surface area contributed by atoms with Crippen molar-refractivity contribution in [2.45, 2.75) is 19.6 Å². The maximum atomic E-state index is 12.2. The van der Waals surface area contributed by atoms with E-state index in [0.717, 1.165) is 17.0 Å². The highest BCUT2D eigenvalue weighted by atomic mass is 32.2. The predicted molar refractivity (Wildman–Crippen MR) is 98.6 cm³/mol. The zero-order chi connectivity index (χ0) is 18.2. The zero-order valence-corrected chi connectivity index (χ0v) is 15.1. The number of hydrogen-bond donors (Lipinski definition) is 3. The molecule has 2 aromatic rings. The predicted octanol–water partition coefficient (Wildman–Crippen LogP) is 1.85. The first-order valence-corrected chi connectivity index (χ1v) is 9.05. The second-order valence-electron chi connectivity index (χ2n) is 5.43. The molecule has 0 atom stereocenters. The first-order chi connectivity index (χ1) is 12.0. The average Bonchev–Trinajstić information content (AvgIpc) is 2.92. The van der Waals surface area contributed by atoms with Crippen molar-refractivity contribution < 1.29 is 14.1 Å². The molecule has 0 saturated heterocycles. The number of nitrogens with two attached hydrogens (primary N) is 1. The molecule has 0 aliphatic heterocycles. The normalized spacial score (nSPS) is 10.5. The van der Waals surface area contributed by atoms with Gasteiger partial charge in [-0.2, -0.15) is 0 Å². The van der Waals surface area contributed by atoms with Gasteiger partial charge in [0.2, 0.25) is 5.91 Å². The fraction of sp³-hybridized carbons (Fsp3) is 0.353. The summed E-state index contributed by atoms with van der Waals surface area (Å²) in [6, 6.07) is 6.89. The highest BCUT2D eigenvalue weighted by molar-refractivity contribution is 7.99. The summed E-state index contributed by atoms with van der Waals surface area (Å²) in [7, 11) is 0. The lowest BCUT2D eigenvalue weighted by molar-refractivity contribution is -0.113. The summed E-state index contributed by atoms with van der Waals surface area (Å²) in [5.41, 5.74) is 8.15. The van der Waals surface area contributed by atoms with E-state index in [1.807, 2.05) is 13.8 Å². The van der Waals surface area contributed by atoms with Gasteiger partial charge in [-0.3, -0.25) is 9.59 Å². The minimum Gasteiger partial charge on any atom is -0.361 e. The molecule has 0 aliphatic rings. The number of nitrogens with one attached hydrogen (secondary N) is 2. The fourth-order valence-electron chi connectivity index (χ4n) is 2.21. The topological polar surface area (TPSA) is 110 Å². The van der Waals surface area contributed by atoms with Crippen molar-refractivity contribution in [1.29, 1.82) is 0 Å². The van der Waals surface area contributed by atoms with Crippen LogP contribution in [0.15, 0.2) is 28.8 Å². The minimum atomic E-state index is -0.260. The van der Waals surface area contributed by atoms with Crippen molar-refractivity contribution in [3.05, 3.63) is 46.8 Å². The summed E-state index contributed by atoms with van der Waals surface area (Å²) < 4.78 is 5.11. The van der Waals surface area contributed by atoms with Crippen molar-refractivity contribution in [2.24, 2.45) is 5.73 Å². The molecule has 1 aromatic heterocycles. The monoisotopic (exact) mass is 362 g/mol. The Bertz CT molecular complexity index is 726. The van der Waals surface area contributed by atoms with Crippen molar-refractivity contribution >= 4 is 29.3 Å². The Morgan fingerprint density at radius 3 is 2.72 bits per heavy atom. The van der Waals surface area contributed by atoms with Crippen LogP contribution in [0.4, 0.5) is 5.69 Å². The zero-order valence-electron chi connectivity index (χ0n) is 14.3. The largest absolute Gasteiger partial charge is 0.361 e. The van der Waals surface area contributed by atoms with E-state index in [-0.39, 0.29) is 17.6 Å². The standard InChI is InChI=1S/C17H22N4O3S/c1-11-14(12(2)24-21-11)9-25-10-16(22)20-15-6-4-3-5-13(15)17(23)19-8-7-18/h3-6H,7-10,18H2,1-2H3,(H,19,23)(H,20,22). The van der Waals surface area contributed by atoms with Crippen LogP contribution in [0, 0.1) is 13.8 Å². The van der Waals surface area contributed by atoms with Crippen molar-refractivity contribution in [3.8, 4) is 0 Å². The lowest BCUT2D eigenvalue weighted by Gasteiger charge is -2.11. The number of benzene rings is 1. The minimum absolute atomic E-state index is 0.171. The van der Waals surface area contributed by atoms with Gasteiger partial charge in [-0.1, -0.05) is 17.3 Å². The molecular weight excluding hydrogens is 340 g/mol. The van der Waals surface area contributed by atoms with Crippen LogP contribution >= 0.6 is 11.8 Å². The number of carbonyl (C=O) groups excluding carboxylic acids is 2. The van der Waals surface area contributed by atoms with Gasteiger partial charge in [-0.15, -0.1) is 11.8 Å². The van der Waals surface area contributed by atoms with Crippen LogP contribution in [0.5, 0.6) is 0 Å². The molecule has 0 bridgehead atoms. The van der Waals surface area contributed by atoms with Gasteiger partial charge in [0.15, 0.2) is 0 Å². The molecule has 0 radical (unpaired) electrons. The quantitative estimate of drug-likeness (QED) is 0.661. The molecule has 0 unspecified atom stereocenters. The Kier molecular flexibility index (Phi) is 7.03. The number of para-hydroxylation sites is 1. The number of amides is 2. The average molecular weight is 362 g/mol. The third-order valence-electron chi connectivity index (χ3n) is 3.54. The number of thioether (sulfide) groups is 1. The molecule has 4 N–H and O–H groups in total.